The molecule has 3 heteroatoms. The lowest BCUT2D eigenvalue weighted by Gasteiger charge is -2.15. The van der Waals surface area contributed by atoms with Gasteiger partial charge in [-0.1, -0.05) is 11.6 Å². The first kappa shape index (κ1) is 8.14. The van der Waals surface area contributed by atoms with Crippen LogP contribution in [0.2, 0.25) is 0 Å². The van der Waals surface area contributed by atoms with Crippen LogP contribution in [0.3, 0.4) is 0 Å². The monoisotopic (exact) mass is 154 g/mol. The largest absolute Gasteiger partial charge is 0.395 e. The minimum Gasteiger partial charge on any atom is -0.395 e. The summed E-state index contributed by atoms with van der Waals surface area (Å²) in [5, 5.41) is 14.7. The van der Waals surface area contributed by atoms with Crippen LogP contribution in [0, 0.1) is 0 Å². The van der Waals surface area contributed by atoms with Gasteiger partial charge in [0, 0.05) is 13.1 Å². The lowest BCUT2D eigenvalue weighted by molar-refractivity contribution is 0.295. The molecule has 0 fully saturated rings. The Morgan fingerprint density at radius 1 is 1.64 bits per heavy atom. The molecule has 0 saturated carbocycles. The van der Waals surface area contributed by atoms with Gasteiger partial charge in [-0.3, -0.25) is 0 Å². The van der Waals surface area contributed by atoms with E-state index in [1.165, 1.54) is 5.57 Å². The van der Waals surface area contributed by atoms with Gasteiger partial charge in [0.15, 0.2) is 0 Å². The van der Waals surface area contributed by atoms with Crippen molar-refractivity contribution in [1.29, 1.82) is 0 Å². The molecule has 11 heavy (non-hydrogen) atoms. The number of hydrogen-bond acceptors (Lipinski definition) is 3. The lowest BCUT2D eigenvalue weighted by atomic mass is 10.2. The van der Waals surface area contributed by atoms with Gasteiger partial charge in [-0.15, -0.1) is 0 Å². The van der Waals surface area contributed by atoms with Crippen molar-refractivity contribution in [2.45, 2.75) is 6.92 Å². The van der Waals surface area contributed by atoms with E-state index in [0.717, 1.165) is 12.4 Å². The van der Waals surface area contributed by atoms with E-state index in [1.54, 1.807) is 0 Å². The minimum absolute atomic E-state index is 0.168. The van der Waals surface area contributed by atoms with Crippen LogP contribution < -0.4 is 10.6 Å². The van der Waals surface area contributed by atoms with Crippen LogP contribution in [0.5, 0.6) is 0 Å². The Morgan fingerprint density at radius 3 is 3.00 bits per heavy atom. The number of nitrogens with one attached hydrogen (secondary N) is 2. The third kappa shape index (κ3) is 2.63. The Balaban J connectivity index is 2.35. The molecule has 3 N–H and O–H groups in total. The highest BCUT2D eigenvalue weighted by Crippen LogP contribution is 1.99. The first-order valence-electron chi connectivity index (χ1n) is 3.79. The molecule has 1 aliphatic rings. The molecule has 0 unspecified atom stereocenters. The highest BCUT2D eigenvalue weighted by molar-refractivity contribution is 5.21. The number of hydrogen-bond donors (Lipinski definition) is 3. The normalized spacial score (nSPS) is 16.5. The molecule has 0 aromatic heterocycles. The van der Waals surface area contributed by atoms with Crippen molar-refractivity contribution in [3.05, 3.63) is 23.5 Å². The van der Waals surface area contributed by atoms with Crippen molar-refractivity contribution in [2.24, 2.45) is 0 Å². The van der Waals surface area contributed by atoms with Crippen molar-refractivity contribution in [2.75, 3.05) is 19.7 Å². The Kier molecular flexibility index (Phi) is 2.98. The van der Waals surface area contributed by atoms with E-state index in [9.17, 15) is 0 Å². The maximum atomic E-state index is 8.52. The van der Waals surface area contributed by atoms with E-state index in [-0.39, 0.29) is 6.61 Å². The topological polar surface area (TPSA) is 44.3 Å². The van der Waals surface area contributed by atoms with E-state index >= 15 is 0 Å². The smallest absolute Gasteiger partial charge is 0.0989 e. The van der Waals surface area contributed by atoms with Crippen molar-refractivity contribution in [3.8, 4) is 0 Å². The van der Waals surface area contributed by atoms with Gasteiger partial charge in [0.25, 0.3) is 0 Å². The second-order valence-electron chi connectivity index (χ2n) is 2.60. The molecule has 1 heterocycles. The van der Waals surface area contributed by atoms with Gasteiger partial charge in [0.05, 0.1) is 12.4 Å². The van der Waals surface area contributed by atoms with Crippen LogP contribution in [0.4, 0.5) is 0 Å². The van der Waals surface area contributed by atoms with Gasteiger partial charge in [-0.05, 0) is 13.0 Å². The maximum Gasteiger partial charge on any atom is 0.0989 e. The Hall–Kier alpha value is -0.960. The summed E-state index contributed by atoms with van der Waals surface area (Å²) < 4.78 is 0. The summed E-state index contributed by atoms with van der Waals surface area (Å²) in [6, 6.07) is 0. The summed E-state index contributed by atoms with van der Waals surface area (Å²) in [6.45, 7) is 3.74. The molecule has 0 radical (unpaired) electrons. The van der Waals surface area contributed by atoms with E-state index < -0.39 is 0 Å². The molecule has 0 aromatic rings. The molecule has 0 spiro atoms. The number of aliphatic hydroxyl groups excluding tert-OH is 1. The Labute approximate surface area is 66.8 Å². The molecule has 0 saturated heterocycles. The third-order valence-electron chi connectivity index (χ3n) is 1.52. The zero-order valence-corrected chi connectivity index (χ0v) is 6.72. The zero-order chi connectivity index (χ0) is 8.10. The molecule has 0 aromatic carbocycles. The van der Waals surface area contributed by atoms with E-state index in [0.29, 0.717) is 6.54 Å². The van der Waals surface area contributed by atoms with Crippen LogP contribution in [0.1, 0.15) is 6.92 Å². The van der Waals surface area contributed by atoms with Crippen molar-refractivity contribution < 1.29 is 5.11 Å². The average Bonchev–Trinajstić information content (AvgIpc) is 2.04. The highest BCUT2D eigenvalue weighted by atomic mass is 16.3. The van der Waals surface area contributed by atoms with Crippen LogP contribution in [-0.2, 0) is 0 Å². The standard InChI is InChI=1S/C8H14N2O/c1-7-2-3-8(10-6-7)9-4-5-11/h2-3,9-11H,4-6H2,1H3. The summed E-state index contributed by atoms with van der Waals surface area (Å²) in [6.07, 6.45) is 4.05. The first-order valence-corrected chi connectivity index (χ1v) is 3.79. The fraction of sp³-hybridized carbons (Fsp3) is 0.500. The predicted molar refractivity (Wildman–Crippen MR) is 44.9 cm³/mol. The van der Waals surface area contributed by atoms with Gasteiger partial charge >= 0.3 is 0 Å². The van der Waals surface area contributed by atoms with E-state index in [1.807, 2.05) is 6.08 Å². The minimum atomic E-state index is 0.168. The van der Waals surface area contributed by atoms with Crippen LogP contribution in [0.15, 0.2) is 23.5 Å². The molecule has 3 nitrogen and oxygen atoms in total. The van der Waals surface area contributed by atoms with E-state index in [2.05, 4.69) is 23.6 Å². The second-order valence-corrected chi connectivity index (χ2v) is 2.60. The summed E-state index contributed by atoms with van der Waals surface area (Å²) in [7, 11) is 0. The molecule has 1 rings (SSSR count). The van der Waals surface area contributed by atoms with Crippen molar-refractivity contribution >= 4 is 0 Å². The fourth-order valence-corrected chi connectivity index (χ4v) is 0.890. The quantitative estimate of drug-likeness (QED) is 0.534. The number of allylic oxidation sites excluding steroid dienone is 2. The van der Waals surface area contributed by atoms with Gasteiger partial charge < -0.3 is 15.7 Å². The zero-order valence-electron chi connectivity index (χ0n) is 6.72. The summed E-state index contributed by atoms with van der Waals surface area (Å²) in [4.78, 5) is 0. The molecule has 0 amide bonds. The Bertz CT molecular complexity index is 185. The van der Waals surface area contributed by atoms with Gasteiger partial charge in [-0.2, -0.15) is 0 Å². The molecule has 62 valence electrons. The Morgan fingerprint density at radius 2 is 2.45 bits per heavy atom. The van der Waals surface area contributed by atoms with Gasteiger partial charge in [0.1, 0.15) is 0 Å². The van der Waals surface area contributed by atoms with Crippen LogP contribution in [0.25, 0.3) is 0 Å². The molecule has 1 aliphatic heterocycles. The molecular weight excluding hydrogens is 140 g/mol. The molecule has 0 aliphatic carbocycles. The fourth-order valence-electron chi connectivity index (χ4n) is 0.890. The SMILES string of the molecule is CC1=CC=C(NCCO)NC1. The highest BCUT2D eigenvalue weighted by Gasteiger charge is 1.98. The van der Waals surface area contributed by atoms with Crippen molar-refractivity contribution in [3.63, 3.8) is 0 Å². The number of aliphatic hydroxyl groups is 1. The summed E-state index contributed by atoms with van der Waals surface area (Å²) >= 11 is 0. The predicted octanol–water partition coefficient (Wildman–Crippen LogP) is -0.0408. The summed E-state index contributed by atoms with van der Waals surface area (Å²) in [5.41, 5.74) is 1.32. The van der Waals surface area contributed by atoms with Crippen LogP contribution in [-0.4, -0.2) is 24.8 Å². The van der Waals surface area contributed by atoms with Gasteiger partial charge in [0.2, 0.25) is 0 Å². The van der Waals surface area contributed by atoms with Gasteiger partial charge in [-0.25, -0.2) is 0 Å². The van der Waals surface area contributed by atoms with E-state index in [4.69, 9.17) is 5.11 Å². The average molecular weight is 154 g/mol. The molecule has 0 bridgehead atoms. The summed E-state index contributed by atoms with van der Waals surface area (Å²) in [5.74, 6) is 0.990. The molecular formula is C8H14N2O. The third-order valence-corrected chi connectivity index (χ3v) is 1.52. The molecule has 0 atom stereocenters. The van der Waals surface area contributed by atoms with Crippen molar-refractivity contribution in [1.82, 2.24) is 10.6 Å². The van der Waals surface area contributed by atoms with Crippen LogP contribution >= 0.6 is 0 Å². The lowest BCUT2D eigenvalue weighted by Crippen LogP contribution is -2.31. The maximum absolute atomic E-state index is 8.52. The first-order chi connectivity index (χ1) is 5.33. The number of rotatable bonds is 3. The second kappa shape index (κ2) is 4.03. The number of dihydropyridines is 1.